The summed E-state index contributed by atoms with van der Waals surface area (Å²) in [5.41, 5.74) is 2.37. The molecule has 0 aliphatic carbocycles. The van der Waals surface area contributed by atoms with E-state index in [-0.39, 0.29) is 11.0 Å². The number of thiocarbonyl (C=S) groups is 1. The Morgan fingerprint density at radius 2 is 1.79 bits per heavy atom. The van der Waals surface area contributed by atoms with Gasteiger partial charge in [0.2, 0.25) is 0 Å². The number of amides is 1. The maximum Gasteiger partial charge on any atom is 0.337 e. The Balaban J connectivity index is 1.74. The van der Waals surface area contributed by atoms with Crippen molar-refractivity contribution in [1.29, 1.82) is 0 Å². The second-order valence-corrected chi connectivity index (χ2v) is 9.06. The third kappa shape index (κ3) is 6.91. The Kier molecular flexibility index (Phi) is 8.84. The number of piperazine rings is 1. The molecule has 0 radical (unpaired) electrons. The Hall–Kier alpha value is -3.17. The van der Waals surface area contributed by atoms with Gasteiger partial charge in [-0.15, -0.1) is 0 Å². The fraction of sp³-hybridized carbons (Fsp3) is 0.400. The molecular weight excluding hydrogens is 452 g/mol. The molecule has 0 unspecified atom stereocenters. The van der Waals surface area contributed by atoms with Gasteiger partial charge in [0.1, 0.15) is 5.75 Å². The number of benzene rings is 2. The standard InChI is InChI=1S/C25H32N4O4S/c1-17(2)16-33-20-7-5-6-18(14-20)23(30)27-25(34)26-21-15-19(24(31)32-4)8-9-22(21)29-12-10-28(3)11-13-29/h5-9,14-15,17H,10-13,16H2,1-4H3,(H2,26,27,30,34). The summed E-state index contributed by atoms with van der Waals surface area (Å²) in [7, 11) is 3.43. The largest absolute Gasteiger partial charge is 0.493 e. The number of likely N-dealkylation sites (N-methyl/N-ethyl adjacent to an activating group) is 1. The van der Waals surface area contributed by atoms with Crippen molar-refractivity contribution in [2.24, 2.45) is 5.92 Å². The highest BCUT2D eigenvalue weighted by Crippen LogP contribution is 2.28. The fourth-order valence-corrected chi connectivity index (χ4v) is 3.73. The van der Waals surface area contributed by atoms with Crippen LogP contribution >= 0.6 is 12.2 Å². The van der Waals surface area contributed by atoms with Gasteiger partial charge in [0.05, 0.1) is 30.7 Å². The number of ether oxygens (including phenoxy) is 2. The van der Waals surface area contributed by atoms with E-state index in [1.54, 1.807) is 30.3 Å². The maximum absolute atomic E-state index is 12.8. The lowest BCUT2D eigenvalue weighted by molar-refractivity contribution is 0.0600. The number of esters is 1. The van der Waals surface area contributed by atoms with Crippen LogP contribution < -0.4 is 20.3 Å². The lowest BCUT2D eigenvalue weighted by Gasteiger charge is -2.35. The van der Waals surface area contributed by atoms with E-state index in [1.165, 1.54) is 7.11 Å². The van der Waals surface area contributed by atoms with Gasteiger partial charge in [0.15, 0.2) is 5.11 Å². The van der Waals surface area contributed by atoms with Gasteiger partial charge in [-0.25, -0.2) is 4.79 Å². The predicted octanol–water partition coefficient (Wildman–Crippen LogP) is 3.39. The Morgan fingerprint density at radius 1 is 1.06 bits per heavy atom. The van der Waals surface area contributed by atoms with Gasteiger partial charge in [-0.3, -0.25) is 10.1 Å². The predicted molar refractivity (Wildman–Crippen MR) is 138 cm³/mol. The molecule has 9 heteroatoms. The van der Waals surface area contributed by atoms with Crippen LogP contribution in [0.4, 0.5) is 11.4 Å². The molecule has 0 saturated carbocycles. The SMILES string of the molecule is COC(=O)c1ccc(N2CCN(C)CC2)c(NC(=S)NC(=O)c2cccc(OCC(C)C)c2)c1. The monoisotopic (exact) mass is 484 g/mol. The van der Waals surface area contributed by atoms with Crippen molar-refractivity contribution >= 4 is 40.6 Å². The molecule has 1 amide bonds. The highest BCUT2D eigenvalue weighted by Gasteiger charge is 2.20. The topological polar surface area (TPSA) is 83.1 Å². The van der Waals surface area contributed by atoms with Crippen molar-refractivity contribution in [2.75, 3.05) is 57.2 Å². The van der Waals surface area contributed by atoms with E-state index < -0.39 is 5.97 Å². The van der Waals surface area contributed by atoms with E-state index >= 15 is 0 Å². The molecule has 0 atom stereocenters. The van der Waals surface area contributed by atoms with Crippen LogP contribution in [0.15, 0.2) is 42.5 Å². The average molecular weight is 485 g/mol. The average Bonchev–Trinajstić information content (AvgIpc) is 2.83. The molecule has 1 saturated heterocycles. The van der Waals surface area contributed by atoms with Crippen LogP contribution in [-0.2, 0) is 4.74 Å². The van der Waals surface area contributed by atoms with E-state index in [2.05, 4.69) is 41.3 Å². The number of nitrogens with zero attached hydrogens (tertiary/aromatic N) is 2. The van der Waals surface area contributed by atoms with Crippen molar-refractivity contribution in [3.8, 4) is 5.75 Å². The molecular formula is C25H32N4O4S. The molecule has 8 nitrogen and oxygen atoms in total. The second-order valence-electron chi connectivity index (χ2n) is 8.65. The molecule has 2 aromatic rings. The normalized spacial score (nSPS) is 14.0. The number of nitrogens with one attached hydrogen (secondary N) is 2. The molecule has 1 heterocycles. The quantitative estimate of drug-likeness (QED) is 0.457. The molecule has 0 spiro atoms. The smallest absolute Gasteiger partial charge is 0.337 e. The number of hydrogen-bond acceptors (Lipinski definition) is 7. The molecule has 34 heavy (non-hydrogen) atoms. The van der Waals surface area contributed by atoms with Crippen molar-refractivity contribution in [1.82, 2.24) is 10.2 Å². The third-order valence-electron chi connectivity index (χ3n) is 5.42. The van der Waals surface area contributed by atoms with Crippen molar-refractivity contribution < 1.29 is 19.1 Å². The summed E-state index contributed by atoms with van der Waals surface area (Å²) in [5.74, 6) is 0.215. The van der Waals surface area contributed by atoms with Crippen LogP contribution in [0.25, 0.3) is 0 Å². The molecule has 0 bridgehead atoms. The van der Waals surface area contributed by atoms with Crippen LogP contribution in [-0.4, -0.2) is 68.8 Å². The molecule has 1 aliphatic heterocycles. The van der Waals surface area contributed by atoms with E-state index in [9.17, 15) is 9.59 Å². The summed E-state index contributed by atoms with van der Waals surface area (Å²) in [6.07, 6.45) is 0. The van der Waals surface area contributed by atoms with Gasteiger partial charge in [-0.05, 0) is 61.6 Å². The zero-order valence-electron chi connectivity index (χ0n) is 20.1. The number of hydrogen-bond donors (Lipinski definition) is 2. The number of anilines is 2. The molecule has 0 aromatic heterocycles. The molecule has 1 fully saturated rings. The third-order valence-corrected chi connectivity index (χ3v) is 5.62. The molecule has 2 N–H and O–H groups in total. The lowest BCUT2D eigenvalue weighted by atomic mass is 10.1. The van der Waals surface area contributed by atoms with Gasteiger partial charge in [-0.2, -0.15) is 0 Å². The fourth-order valence-electron chi connectivity index (χ4n) is 3.52. The van der Waals surface area contributed by atoms with E-state index in [1.807, 2.05) is 12.1 Å². The van der Waals surface area contributed by atoms with Crippen molar-refractivity contribution in [3.05, 3.63) is 53.6 Å². The molecule has 1 aliphatic rings. The van der Waals surface area contributed by atoms with Crippen LogP contribution in [0.5, 0.6) is 5.75 Å². The van der Waals surface area contributed by atoms with Crippen molar-refractivity contribution in [3.63, 3.8) is 0 Å². The minimum Gasteiger partial charge on any atom is -0.493 e. The van der Waals surface area contributed by atoms with Gasteiger partial charge in [-0.1, -0.05) is 19.9 Å². The first kappa shape index (κ1) is 25.5. The highest BCUT2D eigenvalue weighted by molar-refractivity contribution is 7.80. The minimum atomic E-state index is -0.443. The number of carbonyl (C=O) groups excluding carboxylic acids is 2. The van der Waals surface area contributed by atoms with Gasteiger partial charge >= 0.3 is 5.97 Å². The number of carbonyl (C=O) groups is 2. The highest BCUT2D eigenvalue weighted by atomic mass is 32.1. The summed E-state index contributed by atoms with van der Waals surface area (Å²) in [6, 6.07) is 12.3. The first-order valence-corrected chi connectivity index (χ1v) is 11.7. The van der Waals surface area contributed by atoms with Crippen LogP contribution in [0.1, 0.15) is 34.6 Å². The van der Waals surface area contributed by atoms with Gasteiger partial charge in [0.25, 0.3) is 5.91 Å². The first-order valence-electron chi connectivity index (χ1n) is 11.3. The summed E-state index contributed by atoms with van der Waals surface area (Å²) in [4.78, 5) is 29.4. The Labute approximate surface area is 206 Å². The summed E-state index contributed by atoms with van der Waals surface area (Å²) in [5, 5.41) is 5.95. The molecule has 3 rings (SSSR count). The minimum absolute atomic E-state index is 0.135. The van der Waals surface area contributed by atoms with E-state index in [4.69, 9.17) is 21.7 Å². The number of rotatable bonds is 7. The maximum atomic E-state index is 12.8. The van der Waals surface area contributed by atoms with Gasteiger partial charge in [0, 0.05) is 31.7 Å². The van der Waals surface area contributed by atoms with Crippen LogP contribution in [0.2, 0.25) is 0 Å². The summed E-state index contributed by atoms with van der Waals surface area (Å²) >= 11 is 5.43. The first-order chi connectivity index (χ1) is 16.3. The van der Waals surface area contributed by atoms with Crippen LogP contribution in [0.3, 0.4) is 0 Å². The van der Waals surface area contributed by atoms with Crippen molar-refractivity contribution in [2.45, 2.75) is 13.8 Å². The molecule has 2 aromatic carbocycles. The Morgan fingerprint density at radius 3 is 2.47 bits per heavy atom. The summed E-state index contributed by atoms with van der Waals surface area (Å²) < 4.78 is 10.6. The lowest BCUT2D eigenvalue weighted by Crippen LogP contribution is -2.45. The zero-order valence-corrected chi connectivity index (χ0v) is 20.9. The van der Waals surface area contributed by atoms with Gasteiger partial charge < -0.3 is 24.6 Å². The second kappa shape index (κ2) is 11.8. The van der Waals surface area contributed by atoms with Crippen LogP contribution in [0, 0.1) is 5.92 Å². The summed E-state index contributed by atoms with van der Waals surface area (Å²) in [6.45, 7) is 8.22. The number of methoxy groups -OCH3 is 1. The zero-order chi connectivity index (χ0) is 24.7. The Bertz CT molecular complexity index is 1040. The van der Waals surface area contributed by atoms with E-state index in [0.29, 0.717) is 35.1 Å². The van der Waals surface area contributed by atoms with E-state index in [0.717, 1.165) is 31.9 Å². The molecule has 182 valence electrons.